The molecule has 0 aliphatic carbocycles. The van der Waals surface area contributed by atoms with E-state index < -0.39 is 24.3 Å². The molecule has 4 amide bonds. The zero-order valence-electron chi connectivity index (χ0n) is 39.1. The highest BCUT2D eigenvalue weighted by molar-refractivity contribution is 6.07. The summed E-state index contributed by atoms with van der Waals surface area (Å²) in [6.07, 6.45) is 5.09. The van der Waals surface area contributed by atoms with Crippen LogP contribution in [-0.2, 0) is 30.4 Å². The van der Waals surface area contributed by atoms with Gasteiger partial charge in [-0.15, -0.1) is 0 Å². The van der Waals surface area contributed by atoms with Gasteiger partial charge in [-0.2, -0.15) is 0 Å². The van der Waals surface area contributed by atoms with Gasteiger partial charge in [0.1, 0.15) is 36.1 Å². The Morgan fingerprint density at radius 2 is 1.62 bits per heavy atom. The molecule has 6 heterocycles. The SMILES string of the molecule is CC[C@H]1C[C@@H](c2ncc(-c3ccc4c(c3)COc3cc5c(ccc6nc([C@@H]7CC[C@H](C)N7C(=O)[C@@H](NC(=O)OC)C(C)C)[nH]c65)cc3-4)[nH]2)N(C(=O)[C@@H](NC(=O)OC)C2C[C@@H](C)O[C@H](C)C2)C1. The molecule has 3 aromatic carbocycles. The first kappa shape index (κ1) is 45.0. The Hall–Kier alpha value is -6.16. The lowest BCUT2D eigenvalue weighted by molar-refractivity contribution is -0.139. The monoisotopic (exact) mass is 902 g/mol. The molecule has 16 nitrogen and oxygen atoms in total. The van der Waals surface area contributed by atoms with E-state index in [2.05, 4.69) is 63.9 Å². The minimum Gasteiger partial charge on any atom is -0.488 e. The zero-order chi connectivity index (χ0) is 46.6. The number of H-pyrrole nitrogens is 2. The summed E-state index contributed by atoms with van der Waals surface area (Å²) >= 11 is 0. The normalized spacial score (nSPS) is 24.7. The molecule has 3 saturated heterocycles. The summed E-state index contributed by atoms with van der Waals surface area (Å²) in [6, 6.07) is 12.6. The first-order chi connectivity index (χ1) is 31.7. The van der Waals surface area contributed by atoms with Gasteiger partial charge in [0.2, 0.25) is 11.8 Å². The van der Waals surface area contributed by atoms with Crippen molar-refractivity contribution in [3.05, 3.63) is 65.9 Å². The summed E-state index contributed by atoms with van der Waals surface area (Å²) in [4.78, 5) is 74.2. The Bertz CT molecular complexity index is 2650. The molecule has 2 aromatic heterocycles. The fourth-order valence-corrected chi connectivity index (χ4v) is 11.0. The van der Waals surface area contributed by atoms with Crippen LogP contribution in [0.15, 0.2) is 48.7 Å². The van der Waals surface area contributed by atoms with Crippen molar-refractivity contribution in [3.63, 3.8) is 0 Å². The summed E-state index contributed by atoms with van der Waals surface area (Å²) in [5.41, 5.74) is 6.60. The number of likely N-dealkylation sites (tertiary alicyclic amines) is 2. The van der Waals surface area contributed by atoms with Crippen LogP contribution in [0.3, 0.4) is 0 Å². The average Bonchev–Trinajstić information content (AvgIpc) is 4.14. The van der Waals surface area contributed by atoms with Crippen molar-refractivity contribution in [2.24, 2.45) is 17.8 Å². The van der Waals surface area contributed by atoms with Gasteiger partial charge in [-0.05, 0) is 117 Å². The maximum absolute atomic E-state index is 14.5. The highest BCUT2D eigenvalue weighted by Gasteiger charge is 2.45. The number of aromatic amines is 2. The number of imidazole rings is 2. The maximum atomic E-state index is 14.5. The number of nitrogens with zero attached hydrogens (tertiary/aromatic N) is 4. The molecule has 9 rings (SSSR count). The Kier molecular flexibility index (Phi) is 12.5. The van der Waals surface area contributed by atoms with Crippen LogP contribution in [-0.4, -0.2) is 105 Å². The highest BCUT2D eigenvalue weighted by atomic mass is 16.5. The fraction of sp³-hybridized carbons (Fsp3) is 0.520. The number of alkyl carbamates (subject to hydrolysis) is 2. The third-order valence-corrected chi connectivity index (χ3v) is 14.4. The van der Waals surface area contributed by atoms with Gasteiger partial charge in [-0.1, -0.05) is 45.4 Å². The van der Waals surface area contributed by atoms with Crippen molar-refractivity contribution >= 4 is 45.8 Å². The molecule has 0 bridgehead atoms. The third-order valence-electron chi connectivity index (χ3n) is 14.4. The zero-order valence-corrected chi connectivity index (χ0v) is 39.1. The van der Waals surface area contributed by atoms with Crippen LogP contribution in [0.25, 0.3) is 44.2 Å². The molecule has 4 aliphatic rings. The molecular formula is C50H62N8O8. The molecule has 66 heavy (non-hydrogen) atoms. The number of carbonyl (C=O) groups excluding carboxylic acids is 4. The number of hydrogen-bond acceptors (Lipinski definition) is 10. The number of hydrogen-bond donors (Lipinski definition) is 4. The second-order valence-corrected chi connectivity index (χ2v) is 19.2. The van der Waals surface area contributed by atoms with Crippen molar-refractivity contribution in [3.8, 4) is 28.1 Å². The lowest BCUT2D eigenvalue weighted by Gasteiger charge is -2.38. The van der Waals surface area contributed by atoms with Crippen molar-refractivity contribution < 1.29 is 38.1 Å². The molecule has 4 aliphatic heterocycles. The van der Waals surface area contributed by atoms with E-state index in [1.165, 1.54) is 14.2 Å². The van der Waals surface area contributed by atoms with Gasteiger partial charge < -0.3 is 49.3 Å². The van der Waals surface area contributed by atoms with E-state index >= 15 is 0 Å². The summed E-state index contributed by atoms with van der Waals surface area (Å²) in [5, 5.41) is 7.63. The first-order valence-corrected chi connectivity index (χ1v) is 23.5. The second-order valence-electron chi connectivity index (χ2n) is 19.2. The third kappa shape index (κ3) is 8.44. The molecule has 5 aromatic rings. The van der Waals surface area contributed by atoms with Crippen LogP contribution in [0.1, 0.15) is 109 Å². The topological polar surface area (TPSA) is 193 Å². The number of carbonyl (C=O) groups is 4. The van der Waals surface area contributed by atoms with E-state index in [0.29, 0.717) is 37.7 Å². The molecule has 8 atom stereocenters. The number of nitrogens with one attached hydrogen (secondary N) is 4. The molecule has 16 heteroatoms. The van der Waals surface area contributed by atoms with Gasteiger partial charge in [-0.3, -0.25) is 9.59 Å². The Morgan fingerprint density at radius 3 is 2.35 bits per heavy atom. The minimum absolute atomic E-state index is 0.0294. The van der Waals surface area contributed by atoms with Gasteiger partial charge in [0.25, 0.3) is 0 Å². The van der Waals surface area contributed by atoms with E-state index in [-0.39, 0.29) is 54.0 Å². The Morgan fingerprint density at radius 1 is 0.864 bits per heavy atom. The van der Waals surface area contributed by atoms with Crippen LogP contribution in [0.5, 0.6) is 5.75 Å². The van der Waals surface area contributed by atoms with Gasteiger partial charge in [-0.25, -0.2) is 19.6 Å². The van der Waals surface area contributed by atoms with E-state index in [9.17, 15) is 19.2 Å². The predicted octanol–water partition coefficient (Wildman–Crippen LogP) is 8.33. The molecule has 0 spiro atoms. The summed E-state index contributed by atoms with van der Waals surface area (Å²) in [6.45, 7) is 13.0. The number of methoxy groups -OCH3 is 2. The molecule has 350 valence electrons. The number of aromatic nitrogens is 4. The van der Waals surface area contributed by atoms with E-state index in [0.717, 1.165) is 87.0 Å². The largest absolute Gasteiger partial charge is 0.488 e. The van der Waals surface area contributed by atoms with Crippen LogP contribution in [0.2, 0.25) is 0 Å². The molecule has 0 unspecified atom stereocenters. The lowest BCUT2D eigenvalue weighted by atomic mass is 9.85. The van der Waals surface area contributed by atoms with Gasteiger partial charge >= 0.3 is 12.2 Å². The quantitative estimate of drug-likeness (QED) is 0.106. The standard InChI is InChI=1S/C50H62N8O8/c1-9-29-18-40(57(23-29)47(59)43(56-50(62)64-8)32-16-27(5)66-28(6)17-32)45-51-22-38(53-45)31-11-13-34-33(19-31)24-65-41-21-35-30(20-36(34)41)12-14-37-44(35)54-46(52-37)39-15-10-26(4)58(39)48(60)42(25(2)3)55-49(61)63-7/h11-14,19-22,25-29,32,39-40,42-43H,9-10,15-18,23-24H2,1-8H3,(H,51,53)(H,52,54)(H,55,61)(H,56,62)/t26-,27+,28+,29-,39-,40-,42-,43-/m0/s1. The van der Waals surface area contributed by atoms with Crippen LogP contribution >= 0.6 is 0 Å². The summed E-state index contributed by atoms with van der Waals surface area (Å²) < 4.78 is 22.3. The van der Waals surface area contributed by atoms with E-state index in [1.54, 1.807) is 0 Å². The van der Waals surface area contributed by atoms with Gasteiger partial charge in [0.05, 0.1) is 61.4 Å². The number of rotatable bonds is 10. The molecule has 0 saturated carbocycles. The first-order valence-electron chi connectivity index (χ1n) is 23.5. The fourth-order valence-electron chi connectivity index (χ4n) is 11.0. The van der Waals surface area contributed by atoms with Crippen molar-refractivity contribution in [2.75, 3.05) is 20.8 Å². The Balaban J connectivity index is 0.963. The van der Waals surface area contributed by atoms with Gasteiger partial charge in [0.15, 0.2) is 0 Å². The minimum atomic E-state index is -0.742. The van der Waals surface area contributed by atoms with Crippen LogP contribution in [0.4, 0.5) is 9.59 Å². The van der Waals surface area contributed by atoms with Crippen LogP contribution in [0, 0.1) is 17.8 Å². The molecule has 4 N–H and O–H groups in total. The van der Waals surface area contributed by atoms with E-state index in [4.69, 9.17) is 28.9 Å². The van der Waals surface area contributed by atoms with Crippen molar-refractivity contribution in [2.45, 2.75) is 129 Å². The number of benzene rings is 3. The van der Waals surface area contributed by atoms with Crippen molar-refractivity contribution in [1.29, 1.82) is 0 Å². The number of ether oxygens (including phenoxy) is 4. The molecule has 0 radical (unpaired) electrons. The summed E-state index contributed by atoms with van der Waals surface area (Å²) in [7, 11) is 2.62. The Labute approximate surface area is 384 Å². The number of amides is 4. The van der Waals surface area contributed by atoms with E-state index in [1.807, 2.05) is 56.7 Å². The summed E-state index contributed by atoms with van der Waals surface area (Å²) in [5.74, 6) is 1.99. The lowest BCUT2D eigenvalue weighted by Crippen LogP contribution is -2.54. The van der Waals surface area contributed by atoms with Gasteiger partial charge in [0, 0.05) is 23.5 Å². The smallest absolute Gasteiger partial charge is 0.407 e. The van der Waals surface area contributed by atoms with Crippen LogP contribution < -0.4 is 15.4 Å². The second kappa shape index (κ2) is 18.3. The number of fused-ring (bicyclic) bond motifs is 6. The molecular weight excluding hydrogens is 841 g/mol. The van der Waals surface area contributed by atoms with Crippen molar-refractivity contribution in [1.82, 2.24) is 40.4 Å². The highest BCUT2D eigenvalue weighted by Crippen LogP contribution is 2.44. The maximum Gasteiger partial charge on any atom is 0.407 e. The molecule has 3 fully saturated rings. The predicted molar refractivity (Wildman–Crippen MR) is 248 cm³/mol. The average molecular weight is 903 g/mol.